The van der Waals surface area contributed by atoms with Crippen LogP contribution < -0.4 is 21.3 Å². The molecule has 0 saturated carbocycles. The Morgan fingerprint density at radius 1 is 1.00 bits per heavy atom. The Bertz CT molecular complexity index is 1520. The maximum atomic E-state index is 13.9. The minimum Gasteiger partial charge on any atom is -0.457 e. The van der Waals surface area contributed by atoms with E-state index < -0.39 is 17.2 Å². The second kappa shape index (κ2) is 8.30. The molecule has 8 heteroatoms. The first-order chi connectivity index (χ1) is 16.4. The summed E-state index contributed by atoms with van der Waals surface area (Å²) < 4.78 is 8.38. The van der Waals surface area contributed by atoms with Gasteiger partial charge in [-0.1, -0.05) is 49.7 Å². The maximum absolute atomic E-state index is 13.9. The van der Waals surface area contributed by atoms with Crippen LogP contribution in [0.2, 0.25) is 0 Å². The monoisotopic (exact) mass is 456 g/mol. The van der Waals surface area contributed by atoms with Crippen molar-refractivity contribution < 1.29 is 9.53 Å². The van der Waals surface area contributed by atoms with E-state index in [0.717, 1.165) is 27.7 Å². The SMILES string of the molecule is CCCc1cnc2c(c1NC(=O)C1c3ccccc3Oc3ccccc31)c(=O)n(C)c(=O)n2C. The molecule has 0 atom stereocenters. The van der Waals surface area contributed by atoms with E-state index in [1.165, 1.54) is 11.6 Å². The van der Waals surface area contributed by atoms with Gasteiger partial charge < -0.3 is 10.1 Å². The van der Waals surface area contributed by atoms with E-state index in [9.17, 15) is 14.4 Å². The molecule has 0 saturated heterocycles. The molecule has 1 N–H and O–H groups in total. The Kier molecular flexibility index (Phi) is 5.28. The predicted molar refractivity (Wildman–Crippen MR) is 130 cm³/mol. The van der Waals surface area contributed by atoms with Gasteiger partial charge in [0, 0.05) is 31.4 Å². The third-order valence-electron chi connectivity index (χ3n) is 6.26. The van der Waals surface area contributed by atoms with Crippen molar-refractivity contribution >= 4 is 22.6 Å². The number of amides is 1. The molecule has 8 nitrogen and oxygen atoms in total. The highest BCUT2D eigenvalue weighted by Crippen LogP contribution is 2.44. The Morgan fingerprint density at radius 3 is 2.24 bits per heavy atom. The van der Waals surface area contributed by atoms with E-state index in [2.05, 4.69) is 10.3 Å². The fourth-order valence-corrected chi connectivity index (χ4v) is 4.56. The smallest absolute Gasteiger partial charge is 0.332 e. The molecular weight excluding hydrogens is 432 g/mol. The molecule has 0 aliphatic carbocycles. The number of ether oxygens (including phenoxy) is 1. The van der Waals surface area contributed by atoms with E-state index in [1.807, 2.05) is 55.5 Å². The lowest BCUT2D eigenvalue weighted by atomic mass is 9.87. The normalized spacial score (nSPS) is 12.7. The van der Waals surface area contributed by atoms with Gasteiger partial charge in [-0.15, -0.1) is 0 Å². The minimum absolute atomic E-state index is 0.220. The summed E-state index contributed by atoms with van der Waals surface area (Å²) in [5, 5.41) is 3.26. The van der Waals surface area contributed by atoms with Crippen LogP contribution in [0.5, 0.6) is 11.5 Å². The average Bonchev–Trinajstić information content (AvgIpc) is 2.85. The van der Waals surface area contributed by atoms with E-state index >= 15 is 0 Å². The molecule has 4 aromatic rings. The zero-order chi connectivity index (χ0) is 24.0. The van der Waals surface area contributed by atoms with E-state index in [0.29, 0.717) is 23.6 Å². The number of carbonyl (C=O) groups is 1. The van der Waals surface area contributed by atoms with Crippen molar-refractivity contribution in [1.82, 2.24) is 14.1 Å². The summed E-state index contributed by atoms with van der Waals surface area (Å²) in [6, 6.07) is 14.9. The van der Waals surface area contributed by atoms with Crippen LogP contribution in [0.1, 0.15) is 36.0 Å². The molecule has 3 heterocycles. The topological polar surface area (TPSA) is 95.2 Å². The van der Waals surface area contributed by atoms with Crippen molar-refractivity contribution in [2.24, 2.45) is 14.1 Å². The van der Waals surface area contributed by atoms with Crippen LogP contribution >= 0.6 is 0 Å². The summed E-state index contributed by atoms with van der Waals surface area (Å²) in [6.45, 7) is 2.01. The standard InChI is InChI=1S/C26H24N4O4/c1-4-9-15-14-27-23-21(25(32)30(3)26(33)29(23)2)22(15)28-24(31)20-16-10-5-7-12-18(16)34-19-13-8-6-11-17(19)20/h5-8,10-14,20H,4,9H2,1-3H3,(H,27,28,31). The van der Waals surface area contributed by atoms with Crippen LogP contribution in [0.25, 0.3) is 11.0 Å². The number of para-hydroxylation sites is 2. The number of carbonyl (C=O) groups excluding carboxylic acids is 1. The molecule has 0 fully saturated rings. The van der Waals surface area contributed by atoms with Crippen LogP contribution in [-0.2, 0) is 25.3 Å². The van der Waals surface area contributed by atoms with Gasteiger partial charge in [0.15, 0.2) is 5.65 Å². The van der Waals surface area contributed by atoms with E-state index in [1.54, 1.807) is 13.2 Å². The number of fused-ring (bicyclic) bond motifs is 3. The van der Waals surface area contributed by atoms with Crippen molar-refractivity contribution in [1.29, 1.82) is 0 Å². The second-order valence-electron chi connectivity index (χ2n) is 8.41. The molecule has 0 spiro atoms. The number of hydrogen-bond donors (Lipinski definition) is 1. The Hall–Kier alpha value is -4.20. The number of benzene rings is 2. The predicted octanol–water partition coefficient (Wildman–Crippen LogP) is 3.46. The van der Waals surface area contributed by atoms with Crippen LogP contribution in [0, 0.1) is 0 Å². The lowest BCUT2D eigenvalue weighted by Crippen LogP contribution is -2.38. The largest absolute Gasteiger partial charge is 0.457 e. The molecular formula is C26H24N4O4. The first-order valence-corrected chi connectivity index (χ1v) is 11.2. The maximum Gasteiger partial charge on any atom is 0.332 e. The Morgan fingerprint density at radius 2 is 1.62 bits per heavy atom. The fraction of sp³-hybridized carbons (Fsp3) is 0.231. The van der Waals surface area contributed by atoms with Gasteiger partial charge in [-0.25, -0.2) is 9.78 Å². The number of anilines is 1. The first kappa shape index (κ1) is 21.6. The van der Waals surface area contributed by atoms with Crippen molar-refractivity contribution in [3.8, 4) is 11.5 Å². The first-order valence-electron chi connectivity index (χ1n) is 11.2. The van der Waals surface area contributed by atoms with Gasteiger partial charge in [-0.3, -0.25) is 18.7 Å². The summed E-state index contributed by atoms with van der Waals surface area (Å²) in [6.07, 6.45) is 3.04. The number of nitrogens with zero attached hydrogens (tertiary/aromatic N) is 3. The lowest BCUT2D eigenvalue weighted by Gasteiger charge is -2.28. The summed E-state index contributed by atoms with van der Waals surface area (Å²) in [5.41, 5.74) is 1.89. The van der Waals surface area contributed by atoms with Crippen LogP contribution in [-0.4, -0.2) is 20.0 Å². The highest BCUT2D eigenvalue weighted by molar-refractivity contribution is 6.05. The summed E-state index contributed by atoms with van der Waals surface area (Å²) in [5.74, 6) is 0.320. The molecule has 1 aliphatic heterocycles. The molecule has 2 aromatic heterocycles. The van der Waals surface area contributed by atoms with Crippen molar-refractivity contribution in [3.05, 3.63) is 92.3 Å². The molecule has 1 aliphatic rings. The zero-order valence-electron chi connectivity index (χ0n) is 19.2. The molecule has 0 bridgehead atoms. The van der Waals surface area contributed by atoms with Gasteiger partial charge in [0.1, 0.15) is 16.9 Å². The highest BCUT2D eigenvalue weighted by atomic mass is 16.5. The second-order valence-corrected chi connectivity index (χ2v) is 8.41. The van der Waals surface area contributed by atoms with Gasteiger partial charge in [-0.2, -0.15) is 0 Å². The summed E-state index contributed by atoms with van der Waals surface area (Å²) >= 11 is 0. The van der Waals surface area contributed by atoms with Crippen LogP contribution in [0.4, 0.5) is 5.69 Å². The number of aromatic nitrogens is 3. The quantitative estimate of drug-likeness (QED) is 0.508. The number of rotatable bonds is 4. The molecule has 5 rings (SSSR count). The Labute approximate surface area is 195 Å². The molecule has 0 unspecified atom stereocenters. The number of hydrogen-bond acceptors (Lipinski definition) is 5. The molecule has 1 amide bonds. The summed E-state index contributed by atoms with van der Waals surface area (Å²) in [4.78, 5) is 43.9. The zero-order valence-corrected chi connectivity index (χ0v) is 19.2. The number of nitrogens with one attached hydrogen (secondary N) is 1. The van der Waals surface area contributed by atoms with Gasteiger partial charge in [0.2, 0.25) is 5.91 Å². The van der Waals surface area contributed by atoms with Gasteiger partial charge in [0.05, 0.1) is 11.6 Å². The molecule has 0 radical (unpaired) electrons. The number of pyridine rings is 1. The van der Waals surface area contributed by atoms with Crippen molar-refractivity contribution in [2.45, 2.75) is 25.7 Å². The van der Waals surface area contributed by atoms with Gasteiger partial charge >= 0.3 is 5.69 Å². The molecule has 172 valence electrons. The number of aryl methyl sites for hydroxylation is 2. The Balaban J connectivity index is 1.70. The molecule has 34 heavy (non-hydrogen) atoms. The van der Waals surface area contributed by atoms with E-state index in [4.69, 9.17) is 4.74 Å². The van der Waals surface area contributed by atoms with Crippen LogP contribution in [0.3, 0.4) is 0 Å². The minimum atomic E-state index is -0.629. The molecule has 2 aromatic carbocycles. The highest BCUT2D eigenvalue weighted by Gasteiger charge is 2.33. The van der Waals surface area contributed by atoms with Crippen molar-refractivity contribution in [3.63, 3.8) is 0 Å². The lowest BCUT2D eigenvalue weighted by molar-refractivity contribution is -0.116. The third-order valence-corrected chi connectivity index (χ3v) is 6.26. The average molecular weight is 457 g/mol. The van der Waals surface area contributed by atoms with Crippen molar-refractivity contribution in [2.75, 3.05) is 5.32 Å². The third kappa shape index (κ3) is 3.30. The van der Waals surface area contributed by atoms with Crippen LogP contribution in [0.15, 0.2) is 64.3 Å². The fourth-order valence-electron chi connectivity index (χ4n) is 4.56. The summed E-state index contributed by atoms with van der Waals surface area (Å²) in [7, 11) is 2.99. The van der Waals surface area contributed by atoms with Gasteiger partial charge in [-0.05, 0) is 24.1 Å². The van der Waals surface area contributed by atoms with E-state index in [-0.39, 0.29) is 16.9 Å². The van der Waals surface area contributed by atoms with Gasteiger partial charge in [0.25, 0.3) is 5.56 Å².